The second-order valence-corrected chi connectivity index (χ2v) is 8.51. The molecule has 2 amide bonds. The van der Waals surface area contributed by atoms with E-state index in [1.165, 1.54) is 9.80 Å². The van der Waals surface area contributed by atoms with Crippen molar-refractivity contribution >= 4 is 17.5 Å². The molecule has 1 aliphatic heterocycles. The largest absolute Gasteiger partial charge is 0.494 e. The first-order valence-electron chi connectivity index (χ1n) is 10.3. The zero-order valence-corrected chi connectivity index (χ0v) is 17.7. The quantitative estimate of drug-likeness (QED) is 0.486. The molecule has 0 spiro atoms. The maximum Gasteiger partial charge on any atom is 0.279 e. The molecule has 0 aliphatic carbocycles. The fourth-order valence-corrected chi connectivity index (χ4v) is 3.47. The van der Waals surface area contributed by atoms with Crippen LogP contribution in [-0.4, -0.2) is 63.2 Å². The van der Waals surface area contributed by atoms with Gasteiger partial charge in [0.05, 0.1) is 19.7 Å². The fourth-order valence-electron chi connectivity index (χ4n) is 3.47. The Bertz CT molecular complexity index is 640. The third kappa shape index (κ3) is 8.27. The van der Waals surface area contributed by atoms with Crippen molar-refractivity contribution in [1.82, 2.24) is 5.32 Å². The minimum Gasteiger partial charge on any atom is -0.494 e. The standard InChI is InChI=1S/C21H34N4O3/c1-5-28-18-9-7-17(8-10-18)22-19(26)15-24-11-6-12-25(14-13-24)16-20(27)23-21(2,3)4/h7-10H,5-6,11-16H2,1-4H3,(H,22,26)(H,23,27)/p+2. The molecule has 0 aromatic heterocycles. The van der Waals surface area contributed by atoms with Crippen molar-refractivity contribution in [3.05, 3.63) is 24.3 Å². The molecule has 0 bridgehead atoms. The maximum atomic E-state index is 12.4. The minimum atomic E-state index is -0.196. The smallest absolute Gasteiger partial charge is 0.279 e. The lowest BCUT2D eigenvalue weighted by Crippen LogP contribution is -3.18. The van der Waals surface area contributed by atoms with Crippen molar-refractivity contribution in [2.24, 2.45) is 0 Å². The predicted molar refractivity (Wildman–Crippen MR) is 110 cm³/mol. The molecule has 2 rings (SSSR count). The van der Waals surface area contributed by atoms with E-state index in [1.54, 1.807) is 0 Å². The lowest BCUT2D eigenvalue weighted by atomic mass is 10.1. The zero-order valence-electron chi connectivity index (χ0n) is 17.7. The summed E-state index contributed by atoms with van der Waals surface area (Å²) in [5.74, 6) is 0.921. The van der Waals surface area contributed by atoms with Crippen molar-refractivity contribution in [1.29, 1.82) is 0 Å². The molecule has 2 atom stereocenters. The van der Waals surface area contributed by atoms with Crippen LogP contribution in [0.2, 0.25) is 0 Å². The number of rotatable bonds is 7. The summed E-state index contributed by atoms with van der Waals surface area (Å²) in [4.78, 5) is 27.1. The highest BCUT2D eigenvalue weighted by Gasteiger charge is 2.25. The van der Waals surface area contributed by atoms with E-state index in [-0.39, 0.29) is 17.4 Å². The van der Waals surface area contributed by atoms with Gasteiger partial charge in [-0.2, -0.15) is 0 Å². The van der Waals surface area contributed by atoms with Crippen LogP contribution in [0, 0.1) is 0 Å². The third-order valence-electron chi connectivity index (χ3n) is 4.68. The topological polar surface area (TPSA) is 76.3 Å². The van der Waals surface area contributed by atoms with Gasteiger partial charge >= 0.3 is 0 Å². The number of hydrogen-bond acceptors (Lipinski definition) is 3. The highest BCUT2D eigenvalue weighted by atomic mass is 16.5. The summed E-state index contributed by atoms with van der Waals surface area (Å²) in [6.45, 7) is 13.3. The Hall–Kier alpha value is -2.12. The SMILES string of the molecule is CCOc1ccc(NC(=O)C[NH+]2CCC[NH+](CC(=O)NC(C)(C)C)CC2)cc1. The van der Waals surface area contributed by atoms with Gasteiger partial charge in [-0.3, -0.25) is 9.59 Å². The van der Waals surface area contributed by atoms with E-state index in [0.29, 0.717) is 19.7 Å². The molecule has 156 valence electrons. The van der Waals surface area contributed by atoms with Crippen molar-refractivity contribution < 1.29 is 24.1 Å². The lowest BCUT2D eigenvalue weighted by molar-refractivity contribution is -0.930. The van der Waals surface area contributed by atoms with Crippen LogP contribution in [0.25, 0.3) is 0 Å². The average molecular weight is 393 g/mol. The van der Waals surface area contributed by atoms with Crippen LogP contribution in [0.1, 0.15) is 34.1 Å². The molecule has 7 heteroatoms. The number of carbonyl (C=O) groups excluding carboxylic acids is 2. The Balaban J connectivity index is 1.76. The van der Waals surface area contributed by atoms with Gasteiger partial charge in [0.25, 0.3) is 11.8 Å². The summed E-state index contributed by atoms with van der Waals surface area (Å²) in [5, 5.41) is 5.99. The molecular weight excluding hydrogens is 356 g/mol. The van der Waals surface area contributed by atoms with Crippen LogP contribution in [-0.2, 0) is 9.59 Å². The number of quaternary nitrogens is 2. The summed E-state index contributed by atoms with van der Waals surface area (Å²) in [6, 6.07) is 7.45. The maximum absolute atomic E-state index is 12.4. The second-order valence-electron chi connectivity index (χ2n) is 8.51. The first kappa shape index (κ1) is 22.2. The molecule has 1 fully saturated rings. The monoisotopic (exact) mass is 392 g/mol. The van der Waals surface area contributed by atoms with Crippen molar-refractivity contribution in [2.45, 2.75) is 39.7 Å². The highest BCUT2D eigenvalue weighted by Crippen LogP contribution is 2.15. The van der Waals surface area contributed by atoms with Crippen molar-refractivity contribution in [2.75, 3.05) is 51.2 Å². The molecule has 1 aromatic rings. The summed E-state index contributed by atoms with van der Waals surface area (Å²) < 4.78 is 5.42. The Morgan fingerprint density at radius 3 is 2.07 bits per heavy atom. The molecule has 1 aliphatic rings. The Morgan fingerprint density at radius 1 is 0.964 bits per heavy atom. The molecule has 0 radical (unpaired) electrons. The summed E-state index contributed by atoms with van der Waals surface area (Å²) >= 11 is 0. The van der Waals surface area contributed by atoms with E-state index >= 15 is 0 Å². The Kier molecular flexibility index (Phi) is 8.26. The fraction of sp³-hybridized carbons (Fsp3) is 0.619. The molecule has 0 saturated carbocycles. The molecule has 1 aromatic carbocycles. The normalized spacial score (nSPS) is 20.1. The van der Waals surface area contributed by atoms with Gasteiger partial charge < -0.3 is 25.2 Å². The molecule has 1 saturated heterocycles. The van der Waals surface area contributed by atoms with E-state index in [0.717, 1.165) is 44.0 Å². The third-order valence-corrected chi connectivity index (χ3v) is 4.68. The minimum absolute atomic E-state index is 0.0214. The number of amides is 2. The zero-order chi connectivity index (χ0) is 20.6. The van der Waals surface area contributed by atoms with Crippen LogP contribution < -0.4 is 25.2 Å². The van der Waals surface area contributed by atoms with Crippen LogP contribution in [0.5, 0.6) is 5.75 Å². The number of benzene rings is 1. The molecule has 28 heavy (non-hydrogen) atoms. The molecular formula is C21H36N4O3+2. The number of anilines is 1. The number of carbonyl (C=O) groups is 2. The second kappa shape index (κ2) is 10.4. The summed E-state index contributed by atoms with van der Waals surface area (Å²) in [5.41, 5.74) is 0.590. The van der Waals surface area contributed by atoms with E-state index in [9.17, 15) is 9.59 Å². The molecule has 2 unspecified atom stereocenters. The first-order valence-corrected chi connectivity index (χ1v) is 10.3. The molecule has 1 heterocycles. The molecule has 7 nitrogen and oxygen atoms in total. The van der Waals surface area contributed by atoms with Crippen LogP contribution in [0.15, 0.2) is 24.3 Å². The highest BCUT2D eigenvalue weighted by molar-refractivity contribution is 5.91. The lowest BCUT2D eigenvalue weighted by Gasteiger charge is -2.22. The van der Waals surface area contributed by atoms with Crippen LogP contribution >= 0.6 is 0 Å². The van der Waals surface area contributed by atoms with Crippen LogP contribution in [0.4, 0.5) is 5.69 Å². The van der Waals surface area contributed by atoms with E-state index in [1.807, 2.05) is 52.0 Å². The Morgan fingerprint density at radius 2 is 1.54 bits per heavy atom. The van der Waals surface area contributed by atoms with Gasteiger partial charge in [0.15, 0.2) is 13.1 Å². The van der Waals surface area contributed by atoms with Gasteiger partial charge in [0, 0.05) is 17.6 Å². The summed E-state index contributed by atoms with van der Waals surface area (Å²) in [7, 11) is 0. The van der Waals surface area contributed by atoms with Crippen molar-refractivity contribution in [3.63, 3.8) is 0 Å². The number of nitrogens with one attached hydrogen (secondary N) is 4. The van der Waals surface area contributed by atoms with Gasteiger partial charge in [-0.25, -0.2) is 0 Å². The van der Waals surface area contributed by atoms with Crippen LogP contribution in [0.3, 0.4) is 0 Å². The molecule has 4 N–H and O–H groups in total. The average Bonchev–Trinajstić information content (AvgIpc) is 2.80. The first-order chi connectivity index (χ1) is 13.2. The summed E-state index contributed by atoms with van der Waals surface area (Å²) in [6.07, 6.45) is 1.02. The van der Waals surface area contributed by atoms with Gasteiger partial charge in [0.1, 0.15) is 18.8 Å². The van der Waals surface area contributed by atoms with Crippen molar-refractivity contribution in [3.8, 4) is 5.75 Å². The van der Waals surface area contributed by atoms with Gasteiger partial charge in [0.2, 0.25) is 0 Å². The van der Waals surface area contributed by atoms with Gasteiger partial charge in [-0.05, 0) is 52.0 Å². The Labute approximate surface area is 168 Å². The predicted octanol–water partition coefficient (Wildman–Crippen LogP) is -0.888. The van der Waals surface area contributed by atoms with Gasteiger partial charge in [-0.1, -0.05) is 0 Å². The van der Waals surface area contributed by atoms with E-state index in [2.05, 4.69) is 10.6 Å². The number of ether oxygens (including phenoxy) is 1. The number of hydrogen-bond donors (Lipinski definition) is 4. The van der Waals surface area contributed by atoms with Gasteiger partial charge in [-0.15, -0.1) is 0 Å². The van der Waals surface area contributed by atoms with E-state index < -0.39 is 0 Å². The van der Waals surface area contributed by atoms with E-state index in [4.69, 9.17) is 4.74 Å².